The molecule has 2 atom stereocenters. The van der Waals surface area contributed by atoms with E-state index in [0.29, 0.717) is 17.7 Å². The zero-order valence-corrected chi connectivity index (χ0v) is 25.5. The number of nitrogens with zero attached hydrogens (tertiary/aromatic N) is 1. The number of primary amides is 1. The molecule has 0 heterocycles. The lowest BCUT2D eigenvalue weighted by atomic mass is 9.94. The SMILES string of the molecule is CCCCCN(C(=O)C(CCC(N)=O)NC(=O)OC(C)(C)C)C(C(=O)Nc1ccccc1C)c1cccc(C)c1C. The Morgan fingerprint density at radius 1 is 0.951 bits per heavy atom. The van der Waals surface area contributed by atoms with E-state index >= 15 is 0 Å². The lowest BCUT2D eigenvalue weighted by Gasteiger charge is -2.35. The smallest absolute Gasteiger partial charge is 0.408 e. The maximum Gasteiger partial charge on any atom is 0.408 e. The first-order chi connectivity index (χ1) is 19.2. The van der Waals surface area contributed by atoms with E-state index in [4.69, 9.17) is 10.5 Å². The summed E-state index contributed by atoms with van der Waals surface area (Å²) < 4.78 is 5.41. The monoisotopic (exact) mass is 566 g/mol. The minimum absolute atomic E-state index is 0.0311. The Hall–Kier alpha value is -3.88. The molecule has 2 aromatic carbocycles. The van der Waals surface area contributed by atoms with Crippen molar-refractivity contribution in [1.29, 1.82) is 0 Å². The molecule has 4 amide bonds. The van der Waals surface area contributed by atoms with Gasteiger partial charge in [-0.1, -0.05) is 56.2 Å². The van der Waals surface area contributed by atoms with Crippen molar-refractivity contribution in [2.24, 2.45) is 5.73 Å². The number of nitrogens with one attached hydrogen (secondary N) is 2. The fraction of sp³-hybridized carbons (Fsp3) is 0.500. The van der Waals surface area contributed by atoms with Crippen molar-refractivity contribution >= 4 is 29.5 Å². The van der Waals surface area contributed by atoms with Crippen LogP contribution in [-0.4, -0.2) is 46.9 Å². The van der Waals surface area contributed by atoms with Gasteiger partial charge in [-0.25, -0.2) is 4.79 Å². The van der Waals surface area contributed by atoms with E-state index in [1.54, 1.807) is 20.8 Å². The van der Waals surface area contributed by atoms with Crippen LogP contribution in [0.3, 0.4) is 0 Å². The molecule has 41 heavy (non-hydrogen) atoms. The number of para-hydroxylation sites is 1. The molecule has 9 heteroatoms. The molecule has 0 spiro atoms. The van der Waals surface area contributed by atoms with Crippen molar-refractivity contribution in [3.8, 4) is 0 Å². The second-order valence-corrected chi connectivity index (χ2v) is 11.4. The Morgan fingerprint density at radius 2 is 1.61 bits per heavy atom. The molecule has 2 rings (SSSR count). The molecule has 0 aromatic heterocycles. The van der Waals surface area contributed by atoms with Gasteiger partial charge in [0.1, 0.15) is 17.7 Å². The fourth-order valence-corrected chi connectivity index (χ4v) is 4.53. The molecule has 224 valence electrons. The van der Waals surface area contributed by atoms with Crippen LogP contribution in [0, 0.1) is 20.8 Å². The maximum absolute atomic E-state index is 14.3. The van der Waals surface area contributed by atoms with Crippen molar-refractivity contribution in [2.45, 2.75) is 98.3 Å². The van der Waals surface area contributed by atoms with Gasteiger partial charge in [0.2, 0.25) is 11.8 Å². The van der Waals surface area contributed by atoms with Gasteiger partial charge in [-0.2, -0.15) is 0 Å². The second kappa shape index (κ2) is 15.2. The predicted molar refractivity (Wildman–Crippen MR) is 161 cm³/mol. The minimum atomic E-state index is -1.13. The number of hydrogen-bond acceptors (Lipinski definition) is 5. The highest BCUT2D eigenvalue weighted by molar-refractivity contribution is 5.99. The summed E-state index contributed by atoms with van der Waals surface area (Å²) in [6, 6.07) is 11.0. The van der Waals surface area contributed by atoms with Crippen LogP contribution in [0.15, 0.2) is 42.5 Å². The second-order valence-electron chi connectivity index (χ2n) is 11.4. The van der Waals surface area contributed by atoms with Crippen LogP contribution in [0.4, 0.5) is 10.5 Å². The normalized spacial score (nSPS) is 12.7. The molecule has 2 aromatic rings. The fourth-order valence-electron chi connectivity index (χ4n) is 4.53. The Morgan fingerprint density at radius 3 is 2.22 bits per heavy atom. The zero-order chi connectivity index (χ0) is 30.7. The average Bonchev–Trinajstić information content (AvgIpc) is 2.88. The van der Waals surface area contributed by atoms with Gasteiger partial charge < -0.3 is 26.0 Å². The zero-order valence-electron chi connectivity index (χ0n) is 25.5. The number of nitrogens with two attached hydrogens (primary N) is 1. The number of rotatable bonds is 13. The Labute approximate surface area is 244 Å². The lowest BCUT2D eigenvalue weighted by molar-refractivity contribution is -0.141. The van der Waals surface area contributed by atoms with Gasteiger partial charge in [0.25, 0.3) is 5.91 Å². The number of benzene rings is 2. The highest BCUT2D eigenvalue weighted by Gasteiger charge is 2.37. The van der Waals surface area contributed by atoms with E-state index in [0.717, 1.165) is 29.5 Å². The summed E-state index contributed by atoms with van der Waals surface area (Å²) in [7, 11) is 0. The van der Waals surface area contributed by atoms with E-state index < -0.39 is 35.6 Å². The number of carbonyl (C=O) groups excluding carboxylic acids is 4. The number of hydrogen-bond donors (Lipinski definition) is 3. The number of amides is 4. The van der Waals surface area contributed by atoms with Crippen molar-refractivity contribution in [2.75, 3.05) is 11.9 Å². The van der Waals surface area contributed by atoms with Crippen LogP contribution >= 0.6 is 0 Å². The van der Waals surface area contributed by atoms with E-state index in [1.165, 1.54) is 4.90 Å². The quantitative estimate of drug-likeness (QED) is 0.277. The first kappa shape index (κ1) is 33.3. The van der Waals surface area contributed by atoms with Crippen LogP contribution in [-0.2, 0) is 19.1 Å². The van der Waals surface area contributed by atoms with Gasteiger partial charge in [-0.3, -0.25) is 14.4 Å². The molecule has 0 aliphatic rings. The summed E-state index contributed by atoms with van der Waals surface area (Å²) in [5.41, 5.74) is 8.70. The van der Waals surface area contributed by atoms with Crippen molar-refractivity contribution < 1.29 is 23.9 Å². The number of aryl methyl sites for hydroxylation is 2. The Kier molecular flexibility index (Phi) is 12.4. The summed E-state index contributed by atoms with van der Waals surface area (Å²) in [6.45, 7) is 13.3. The number of unbranched alkanes of at least 4 members (excludes halogenated alkanes) is 2. The summed E-state index contributed by atoms with van der Waals surface area (Å²) in [5, 5.41) is 5.66. The summed E-state index contributed by atoms with van der Waals surface area (Å²) in [4.78, 5) is 54.4. The summed E-state index contributed by atoms with van der Waals surface area (Å²) in [6.07, 6.45) is 1.45. The molecule has 0 bridgehead atoms. The molecule has 0 aliphatic carbocycles. The molecule has 0 saturated carbocycles. The first-order valence-electron chi connectivity index (χ1n) is 14.3. The van der Waals surface area contributed by atoms with Crippen LogP contribution in [0.25, 0.3) is 0 Å². The van der Waals surface area contributed by atoms with Gasteiger partial charge in [0.05, 0.1) is 0 Å². The van der Waals surface area contributed by atoms with Gasteiger partial charge >= 0.3 is 6.09 Å². The molecule has 0 radical (unpaired) electrons. The highest BCUT2D eigenvalue weighted by atomic mass is 16.6. The molecule has 4 N–H and O–H groups in total. The van der Waals surface area contributed by atoms with E-state index in [-0.39, 0.29) is 25.3 Å². The summed E-state index contributed by atoms with van der Waals surface area (Å²) >= 11 is 0. The Balaban J connectivity index is 2.61. The van der Waals surface area contributed by atoms with Crippen molar-refractivity contribution in [3.05, 3.63) is 64.7 Å². The minimum Gasteiger partial charge on any atom is -0.444 e. The molecule has 0 aliphatic heterocycles. The molecule has 9 nitrogen and oxygen atoms in total. The van der Waals surface area contributed by atoms with Crippen LogP contribution in [0.1, 0.15) is 88.1 Å². The van der Waals surface area contributed by atoms with Gasteiger partial charge in [-0.15, -0.1) is 0 Å². The van der Waals surface area contributed by atoms with Gasteiger partial charge in [0, 0.05) is 18.7 Å². The average molecular weight is 567 g/mol. The number of ether oxygens (including phenoxy) is 1. The third-order valence-corrected chi connectivity index (χ3v) is 6.86. The largest absolute Gasteiger partial charge is 0.444 e. The molecular weight excluding hydrogens is 520 g/mol. The van der Waals surface area contributed by atoms with Crippen LogP contribution < -0.4 is 16.4 Å². The Bertz CT molecular complexity index is 1220. The lowest BCUT2D eigenvalue weighted by Crippen LogP contribution is -2.53. The third-order valence-electron chi connectivity index (χ3n) is 6.86. The first-order valence-corrected chi connectivity index (χ1v) is 14.3. The summed E-state index contributed by atoms with van der Waals surface area (Å²) in [5.74, 6) is -1.46. The van der Waals surface area contributed by atoms with Crippen molar-refractivity contribution in [3.63, 3.8) is 0 Å². The molecule has 2 unspecified atom stereocenters. The topological polar surface area (TPSA) is 131 Å². The number of alkyl carbamates (subject to hydrolysis) is 1. The number of anilines is 1. The predicted octanol–water partition coefficient (Wildman–Crippen LogP) is 5.47. The van der Waals surface area contributed by atoms with Crippen LogP contribution in [0.2, 0.25) is 0 Å². The van der Waals surface area contributed by atoms with E-state index in [1.807, 2.05) is 63.2 Å². The van der Waals surface area contributed by atoms with Gasteiger partial charge in [0.15, 0.2) is 0 Å². The maximum atomic E-state index is 14.3. The van der Waals surface area contributed by atoms with Crippen LogP contribution in [0.5, 0.6) is 0 Å². The van der Waals surface area contributed by atoms with Crippen molar-refractivity contribution in [1.82, 2.24) is 10.2 Å². The molecule has 0 saturated heterocycles. The van der Waals surface area contributed by atoms with Gasteiger partial charge in [-0.05, 0) is 82.7 Å². The van der Waals surface area contributed by atoms with E-state index in [9.17, 15) is 19.2 Å². The van der Waals surface area contributed by atoms with E-state index in [2.05, 4.69) is 17.6 Å². The molecular formula is C32H46N4O5. The molecule has 0 fully saturated rings. The standard InChI is InChI=1S/C32H46N4O5/c1-8-9-12-20-36(30(39)26(18-19-27(33)37)35-31(40)41-32(5,6)7)28(24-16-13-15-21(2)23(24)4)29(38)34-25-17-11-10-14-22(25)3/h10-11,13-17,26,28H,8-9,12,18-20H2,1-7H3,(H2,33,37)(H,34,38)(H,35,40). The highest BCUT2D eigenvalue weighted by Crippen LogP contribution is 2.30. The number of carbonyl (C=O) groups is 4. The third kappa shape index (κ3) is 10.2.